The number of hydrogen-bond donors (Lipinski definition) is 3. The van der Waals surface area contributed by atoms with Gasteiger partial charge in [0.2, 0.25) is 5.91 Å². The predicted molar refractivity (Wildman–Crippen MR) is 324 cm³/mol. The lowest BCUT2D eigenvalue weighted by molar-refractivity contribution is -0.143. The fourth-order valence-electron chi connectivity index (χ4n) is 10.3. The van der Waals surface area contributed by atoms with Crippen LogP contribution in [0.1, 0.15) is 361 Å². The molecule has 0 saturated heterocycles. The highest BCUT2D eigenvalue weighted by Gasteiger charge is 2.18. The van der Waals surface area contributed by atoms with Gasteiger partial charge in [-0.3, -0.25) is 9.59 Å². The van der Waals surface area contributed by atoms with E-state index in [9.17, 15) is 19.8 Å². The molecule has 436 valence electrons. The van der Waals surface area contributed by atoms with E-state index in [2.05, 4.69) is 43.5 Å². The van der Waals surface area contributed by atoms with Crippen LogP contribution in [0, 0.1) is 0 Å². The minimum atomic E-state index is -0.845. The Labute approximate surface area is 462 Å². The third-order valence-electron chi connectivity index (χ3n) is 15.4. The first-order valence-electron chi connectivity index (χ1n) is 33.3. The number of allylic oxidation sites excluding steroid dienone is 5. The Bertz CT molecular complexity index is 1200. The molecule has 2 unspecified atom stereocenters. The van der Waals surface area contributed by atoms with E-state index >= 15 is 0 Å². The number of nitrogens with one attached hydrogen (secondary N) is 1. The number of carbonyl (C=O) groups is 2. The number of esters is 1. The Morgan fingerprint density at radius 1 is 0.378 bits per heavy atom. The smallest absolute Gasteiger partial charge is 0.305 e. The second kappa shape index (κ2) is 63.6. The highest BCUT2D eigenvalue weighted by atomic mass is 16.5. The van der Waals surface area contributed by atoms with Gasteiger partial charge in [0, 0.05) is 12.8 Å². The van der Waals surface area contributed by atoms with Crippen LogP contribution in [-0.4, -0.2) is 47.4 Å². The summed E-state index contributed by atoms with van der Waals surface area (Å²) in [5, 5.41) is 23.1. The molecule has 0 heterocycles. The van der Waals surface area contributed by atoms with Gasteiger partial charge in [-0.25, -0.2) is 0 Å². The van der Waals surface area contributed by atoms with E-state index in [0.29, 0.717) is 19.4 Å². The average Bonchev–Trinajstić information content (AvgIpc) is 3.40. The molecule has 0 radical (unpaired) electrons. The summed E-state index contributed by atoms with van der Waals surface area (Å²) in [5.41, 5.74) is 0. The molecule has 0 aromatic carbocycles. The van der Waals surface area contributed by atoms with Gasteiger partial charge in [0.1, 0.15) is 0 Å². The van der Waals surface area contributed by atoms with Crippen LogP contribution in [0.3, 0.4) is 0 Å². The fraction of sp³-hybridized carbons (Fsp3) is 0.882. The summed E-state index contributed by atoms with van der Waals surface area (Å²) in [7, 11) is 0. The van der Waals surface area contributed by atoms with Gasteiger partial charge in [-0.15, -0.1) is 0 Å². The first-order chi connectivity index (χ1) is 36.5. The van der Waals surface area contributed by atoms with Crippen LogP contribution in [0.5, 0.6) is 0 Å². The van der Waals surface area contributed by atoms with Crippen LogP contribution < -0.4 is 5.32 Å². The molecule has 1 amide bonds. The molecule has 0 bridgehead atoms. The number of hydrogen-bond acceptors (Lipinski definition) is 5. The van der Waals surface area contributed by atoms with Gasteiger partial charge < -0.3 is 20.3 Å². The molecule has 0 saturated carbocycles. The maximum atomic E-state index is 12.5. The minimum Gasteiger partial charge on any atom is -0.466 e. The van der Waals surface area contributed by atoms with Gasteiger partial charge >= 0.3 is 5.97 Å². The Kier molecular flexibility index (Phi) is 62.0. The zero-order valence-corrected chi connectivity index (χ0v) is 49.8. The summed E-state index contributed by atoms with van der Waals surface area (Å²) >= 11 is 0. The highest BCUT2D eigenvalue weighted by molar-refractivity contribution is 5.76. The van der Waals surface area contributed by atoms with E-state index in [1.54, 1.807) is 6.08 Å². The molecule has 0 rings (SSSR count). The van der Waals surface area contributed by atoms with Crippen LogP contribution in [0.15, 0.2) is 36.5 Å². The van der Waals surface area contributed by atoms with Crippen molar-refractivity contribution in [1.82, 2.24) is 5.32 Å². The molecular formula is C68H129NO5. The van der Waals surface area contributed by atoms with E-state index in [0.717, 1.165) is 44.9 Å². The molecule has 3 N–H and O–H groups in total. The summed E-state index contributed by atoms with van der Waals surface area (Å²) in [4.78, 5) is 24.5. The SMILES string of the molecule is CCCCCCCCCCCCCCC/C=C/C(O)C(CO)NC(=O)CCCCCCCCCCCCCCC/C=C\C/C=C\CCCCCCCCCCCOC(=O)CCCCCCCCCCCCCCC. The van der Waals surface area contributed by atoms with Gasteiger partial charge in [-0.05, 0) is 64.2 Å². The monoisotopic (exact) mass is 1040 g/mol. The maximum absolute atomic E-state index is 12.5. The van der Waals surface area contributed by atoms with E-state index in [-0.39, 0.29) is 18.5 Å². The molecule has 0 aromatic heterocycles. The van der Waals surface area contributed by atoms with Crippen LogP contribution in [0.2, 0.25) is 0 Å². The van der Waals surface area contributed by atoms with Gasteiger partial charge in [-0.1, -0.05) is 320 Å². The van der Waals surface area contributed by atoms with Crippen LogP contribution in [0.4, 0.5) is 0 Å². The van der Waals surface area contributed by atoms with Crippen molar-refractivity contribution < 1.29 is 24.5 Å². The van der Waals surface area contributed by atoms with Crippen molar-refractivity contribution >= 4 is 11.9 Å². The first kappa shape index (κ1) is 72.1. The summed E-state index contributed by atoms with van der Waals surface area (Å²) in [5.74, 6) is -0.0540. The van der Waals surface area contributed by atoms with Crippen LogP contribution in [0.25, 0.3) is 0 Å². The lowest BCUT2D eigenvalue weighted by Gasteiger charge is -2.20. The molecule has 74 heavy (non-hydrogen) atoms. The molecule has 0 aliphatic rings. The Morgan fingerprint density at radius 2 is 0.676 bits per heavy atom. The molecular weight excluding hydrogens is 911 g/mol. The molecule has 0 aliphatic carbocycles. The van der Waals surface area contributed by atoms with E-state index in [4.69, 9.17) is 4.74 Å². The fourth-order valence-corrected chi connectivity index (χ4v) is 10.3. The number of amides is 1. The lowest BCUT2D eigenvalue weighted by Crippen LogP contribution is -2.45. The number of unbranched alkanes of at least 4 members (excludes halogenated alkanes) is 47. The number of rotatable bonds is 62. The number of aliphatic hydroxyl groups excluding tert-OH is 2. The highest BCUT2D eigenvalue weighted by Crippen LogP contribution is 2.18. The van der Waals surface area contributed by atoms with Crippen molar-refractivity contribution in [2.45, 2.75) is 373 Å². The van der Waals surface area contributed by atoms with Crippen molar-refractivity contribution in [3.05, 3.63) is 36.5 Å². The van der Waals surface area contributed by atoms with Gasteiger partial charge in [0.05, 0.1) is 25.4 Å². The molecule has 6 heteroatoms. The normalized spacial score (nSPS) is 12.8. The van der Waals surface area contributed by atoms with Crippen molar-refractivity contribution in [3.63, 3.8) is 0 Å². The maximum Gasteiger partial charge on any atom is 0.305 e. The largest absolute Gasteiger partial charge is 0.466 e. The van der Waals surface area contributed by atoms with Gasteiger partial charge in [0.25, 0.3) is 0 Å². The molecule has 0 aromatic rings. The van der Waals surface area contributed by atoms with E-state index in [1.807, 2.05) is 6.08 Å². The Morgan fingerprint density at radius 3 is 1.03 bits per heavy atom. The second-order valence-electron chi connectivity index (χ2n) is 22.8. The average molecular weight is 1040 g/mol. The third kappa shape index (κ3) is 59.3. The van der Waals surface area contributed by atoms with Crippen LogP contribution in [-0.2, 0) is 14.3 Å². The molecule has 2 atom stereocenters. The zero-order chi connectivity index (χ0) is 53.6. The van der Waals surface area contributed by atoms with Crippen molar-refractivity contribution in [2.24, 2.45) is 0 Å². The number of carbonyl (C=O) groups excluding carboxylic acids is 2. The van der Waals surface area contributed by atoms with Crippen molar-refractivity contribution in [3.8, 4) is 0 Å². The van der Waals surface area contributed by atoms with E-state index < -0.39 is 12.1 Å². The Hall–Kier alpha value is -1.92. The first-order valence-corrected chi connectivity index (χ1v) is 33.3. The molecule has 0 aliphatic heterocycles. The number of aliphatic hydroxyl groups is 2. The quantitative estimate of drug-likeness (QED) is 0.0320. The third-order valence-corrected chi connectivity index (χ3v) is 15.4. The standard InChI is InChI=1S/C68H129NO5/c1-3-5-7-9-11-13-15-17-33-37-40-44-48-52-56-60-66(71)65(64-70)69-67(72)61-57-53-49-45-41-38-34-31-29-27-25-23-21-19-18-20-22-24-26-28-30-32-35-39-43-47-51-55-59-63-74-68(73)62-58-54-50-46-42-36-16-14-12-10-8-6-4-2/h18,20,24,26,56,60,65-66,70-71H,3-17,19,21-23,25,27-55,57-59,61-64H2,1-2H3,(H,69,72)/b20-18-,26-24-,60-56+. The molecule has 6 nitrogen and oxygen atoms in total. The second-order valence-corrected chi connectivity index (χ2v) is 22.8. The summed E-state index contributed by atoms with van der Waals surface area (Å²) < 4.78 is 5.48. The van der Waals surface area contributed by atoms with Crippen LogP contribution >= 0.6 is 0 Å². The van der Waals surface area contributed by atoms with Crippen molar-refractivity contribution in [1.29, 1.82) is 0 Å². The lowest BCUT2D eigenvalue weighted by atomic mass is 10.0. The molecule has 0 fully saturated rings. The minimum absolute atomic E-state index is 0.0134. The zero-order valence-electron chi connectivity index (χ0n) is 49.8. The number of ether oxygens (including phenoxy) is 1. The van der Waals surface area contributed by atoms with Gasteiger partial charge in [0.15, 0.2) is 0 Å². The summed E-state index contributed by atoms with van der Waals surface area (Å²) in [6.45, 7) is 4.92. The topological polar surface area (TPSA) is 95.9 Å². The Balaban J connectivity index is 3.42. The van der Waals surface area contributed by atoms with Gasteiger partial charge in [-0.2, -0.15) is 0 Å². The molecule has 0 spiro atoms. The van der Waals surface area contributed by atoms with E-state index in [1.165, 1.54) is 289 Å². The van der Waals surface area contributed by atoms with Crippen molar-refractivity contribution in [2.75, 3.05) is 13.2 Å². The summed E-state index contributed by atoms with van der Waals surface area (Å²) in [6.07, 6.45) is 80.6. The predicted octanol–water partition coefficient (Wildman–Crippen LogP) is 21.1. The summed E-state index contributed by atoms with van der Waals surface area (Å²) in [6, 6.07) is -0.628.